The van der Waals surface area contributed by atoms with Crippen molar-refractivity contribution in [2.24, 2.45) is 0 Å². The van der Waals surface area contributed by atoms with E-state index < -0.39 is 12.7 Å². The number of morpholine rings is 1. The smallest absolute Gasteiger partial charge is 0.250 e. The van der Waals surface area contributed by atoms with Crippen molar-refractivity contribution in [3.05, 3.63) is 93.8 Å². The largest absolute Gasteiger partial charge is 0.456 e. The van der Waals surface area contributed by atoms with E-state index in [0.717, 1.165) is 58.2 Å². The van der Waals surface area contributed by atoms with Crippen LogP contribution in [0.15, 0.2) is 65.7 Å². The van der Waals surface area contributed by atoms with Crippen LogP contribution in [0.5, 0.6) is 11.5 Å². The summed E-state index contributed by atoms with van der Waals surface area (Å²) in [7, 11) is 0. The van der Waals surface area contributed by atoms with Crippen molar-refractivity contribution in [2.45, 2.75) is 19.4 Å². The van der Waals surface area contributed by atoms with E-state index in [1.54, 1.807) is 18.5 Å². The molecule has 0 aliphatic carbocycles. The maximum absolute atomic E-state index is 13.8. The van der Waals surface area contributed by atoms with Crippen molar-refractivity contribution in [1.29, 1.82) is 0 Å². The zero-order chi connectivity index (χ0) is 26.1. The lowest BCUT2D eigenvalue weighted by Gasteiger charge is -2.29. The molecule has 6 rings (SSSR count). The third-order valence-corrected chi connectivity index (χ3v) is 6.85. The Morgan fingerprint density at radius 2 is 1.89 bits per heavy atom. The van der Waals surface area contributed by atoms with Crippen LogP contribution in [0, 0.1) is 6.92 Å². The summed E-state index contributed by atoms with van der Waals surface area (Å²) in [6.45, 7) is 4.04. The summed E-state index contributed by atoms with van der Waals surface area (Å²) in [5.74, 6) is 1.87. The molecule has 194 valence electrons. The van der Waals surface area contributed by atoms with Gasteiger partial charge in [-0.3, -0.25) is 4.79 Å². The molecule has 1 unspecified atom stereocenters. The first-order valence-electron chi connectivity index (χ1n) is 12.7. The molecule has 2 aliphatic rings. The van der Waals surface area contributed by atoms with E-state index in [1.807, 2.05) is 49.4 Å². The number of aromatic nitrogens is 3. The maximum atomic E-state index is 13.8. The fourth-order valence-electron chi connectivity index (χ4n) is 4.91. The molecule has 4 heterocycles. The van der Waals surface area contributed by atoms with Crippen LogP contribution in [0.2, 0.25) is 0 Å². The number of benzene rings is 2. The third-order valence-electron chi connectivity index (χ3n) is 6.85. The third kappa shape index (κ3) is 4.84. The first-order chi connectivity index (χ1) is 18.6. The topological polar surface area (TPSA) is 92.4 Å². The SMILES string of the molecule is Cc1cnc(C(CF)Nc2ccc3c(c2)Cc2cccc(-c4cc(N5CCOCC5)cc(=O)[nH]4)c2O3)nc1. The van der Waals surface area contributed by atoms with Gasteiger partial charge in [-0.05, 0) is 48.4 Å². The van der Waals surface area contributed by atoms with Gasteiger partial charge in [0.25, 0.3) is 0 Å². The average molecular weight is 514 g/mol. The van der Waals surface area contributed by atoms with Crippen LogP contribution in [-0.2, 0) is 11.2 Å². The lowest BCUT2D eigenvalue weighted by molar-refractivity contribution is 0.122. The Balaban J connectivity index is 1.27. The monoisotopic (exact) mass is 513 g/mol. The van der Waals surface area contributed by atoms with Crippen molar-refractivity contribution in [3.8, 4) is 22.8 Å². The number of rotatable bonds is 6. The molecule has 0 bridgehead atoms. The van der Waals surface area contributed by atoms with Gasteiger partial charge in [-0.2, -0.15) is 0 Å². The van der Waals surface area contributed by atoms with Gasteiger partial charge in [-0.1, -0.05) is 12.1 Å². The van der Waals surface area contributed by atoms with E-state index in [9.17, 15) is 9.18 Å². The standard InChI is InChI=1S/C29H28FN5O3/c1-18-16-31-29(32-17-18)25(15-30)33-21-5-6-26-20(12-21)11-19-3-2-4-23(28(19)38-26)24-13-22(14-27(36)34-24)35-7-9-37-10-8-35/h2-6,12-14,16-17,25,33H,7-11,15H2,1H3,(H,34,36). The van der Waals surface area contributed by atoms with Crippen LogP contribution >= 0.6 is 0 Å². The summed E-state index contributed by atoms with van der Waals surface area (Å²) in [5.41, 5.74) is 5.93. The molecule has 1 saturated heterocycles. The fourth-order valence-corrected chi connectivity index (χ4v) is 4.91. The Hall–Kier alpha value is -4.24. The number of hydrogen-bond acceptors (Lipinski definition) is 7. The summed E-state index contributed by atoms with van der Waals surface area (Å²) < 4.78 is 25.7. The molecule has 8 nitrogen and oxygen atoms in total. The van der Waals surface area contributed by atoms with E-state index in [0.29, 0.717) is 31.2 Å². The van der Waals surface area contributed by atoms with Crippen LogP contribution < -0.4 is 20.5 Å². The normalized spacial score (nSPS) is 15.3. The zero-order valence-electron chi connectivity index (χ0n) is 21.0. The molecule has 1 fully saturated rings. The van der Waals surface area contributed by atoms with Gasteiger partial charge in [0, 0.05) is 60.5 Å². The Morgan fingerprint density at radius 3 is 2.68 bits per heavy atom. The number of hydrogen-bond donors (Lipinski definition) is 2. The molecule has 0 spiro atoms. The average Bonchev–Trinajstić information content (AvgIpc) is 2.95. The Kier molecular flexibility index (Phi) is 6.51. The molecule has 38 heavy (non-hydrogen) atoms. The van der Waals surface area contributed by atoms with Gasteiger partial charge in [0.15, 0.2) is 5.82 Å². The van der Waals surface area contributed by atoms with Gasteiger partial charge in [0.1, 0.15) is 24.2 Å². The minimum atomic E-state index is -0.646. The number of ether oxygens (including phenoxy) is 2. The number of fused-ring (bicyclic) bond motifs is 2. The highest BCUT2D eigenvalue weighted by atomic mass is 19.1. The zero-order valence-corrected chi connectivity index (χ0v) is 21.0. The second kappa shape index (κ2) is 10.3. The Labute approximate surface area is 219 Å². The highest BCUT2D eigenvalue weighted by Gasteiger charge is 2.23. The number of anilines is 2. The predicted octanol–water partition coefficient (Wildman–Crippen LogP) is 4.80. The lowest BCUT2D eigenvalue weighted by Crippen LogP contribution is -2.36. The molecular weight excluding hydrogens is 485 g/mol. The summed E-state index contributed by atoms with van der Waals surface area (Å²) >= 11 is 0. The molecule has 9 heteroatoms. The number of aromatic amines is 1. The number of H-pyrrole nitrogens is 1. The van der Waals surface area contributed by atoms with E-state index >= 15 is 0 Å². The Bertz CT molecular complexity index is 1520. The quantitative estimate of drug-likeness (QED) is 0.337. The van der Waals surface area contributed by atoms with Crippen molar-refractivity contribution >= 4 is 11.4 Å². The molecule has 0 amide bonds. The second-order valence-electron chi connectivity index (χ2n) is 9.58. The van der Waals surface area contributed by atoms with Gasteiger partial charge in [0.2, 0.25) is 5.56 Å². The number of aryl methyl sites for hydroxylation is 1. The number of para-hydroxylation sites is 1. The predicted molar refractivity (Wildman–Crippen MR) is 144 cm³/mol. The van der Waals surface area contributed by atoms with Crippen molar-refractivity contribution in [3.63, 3.8) is 0 Å². The lowest BCUT2D eigenvalue weighted by atomic mass is 9.96. The molecule has 2 N–H and O–H groups in total. The van der Waals surface area contributed by atoms with E-state index in [4.69, 9.17) is 9.47 Å². The molecule has 2 aromatic heterocycles. The number of pyridine rings is 1. The van der Waals surface area contributed by atoms with E-state index in [2.05, 4.69) is 25.2 Å². The first kappa shape index (κ1) is 24.1. The summed E-state index contributed by atoms with van der Waals surface area (Å²) in [5, 5.41) is 3.21. The number of nitrogens with zero attached hydrogens (tertiary/aromatic N) is 3. The van der Waals surface area contributed by atoms with Gasteiger partial charge < -0.3 is 24.7 Å². The van der Waals surface area contributed by atoms with Crippen molar-refractivity contribution in [2.75, 3.05) is 43.2 Å². The highest BCUT2D eigenvalue weighted by Crippen LogP contribution is 2.43. The fraction of sp³-hybridized carbons (Fsp3) is 0.276. The molecule has 2 aromatic carbocycles. The van der Waals surface area contributed by atoms with Crippen LogP contribution in [0.4, 0.5) is 15.8 Å². The molecule has 2 aliphatic heterocycles. The van der Waals surface area contributed by atoms with E-state index in [1.165, 1.54) is 0 Å². The second-order valence-corrected chi connectivity index (χ2v) is 9.58. The van der Waals surface area contributed by atoms with Crippen LogP contribution in [-0.4, -0.2) is 47.9 Å². The number of nitrogens with one attached hydrogen (secondary N) is 2. The molecule has 0 radical (unpaired) electrons. The van der Waals surface area contributed by atoms with Gasteiger partial charge in [0.05, 0.1) is 18.9 Å². The summed E-state index contributed by atoms with van der Waals surface area (Å²) in [6, 6.07) is 14.7. The van der Waals surface area contributed by atoms with Crippen LogP contribution in [0.25, 0.3) is 11.3 Å². The minimum Gasteiger partial charge on any atom is -0.456 e. The number of halogens is 1. The molecule has 1 atom stereocenters. The van der Waals surface area contributed by atoms with Crippen LogP contribution in [0.3, 0.4) is 0 Å². The minimum absolute atomic E-state index is 0.159. The van der Waals surface area contributed by atoms with Gasteiger partial charge >= 0.3 is 0 Å². The molecule has 0 saturated carbocycles. The van der Waals surface area contributed by atoms with Crippen LogP contribution in [0.1, 0.15) is 28.6 Å². The first-order valence-corrected chi connectivity index (χ1v) is 12.7. The van der Waals surface area contributed by atoms with Gasteiger partial charge in [-0.25, -0.2) is 14.4 Å². The van der Waals surface area contributed by atoms with E-state index in [-0.39, 0.29) is 5.56 Å². The van der Waals surface area contributed by atoms with Crippen molar-refractivity contribution < 1.29 is 13.9 Å². The summed E-state index contributed by atoms with van der Waals surface area (Å²) in [6.07, 6.45) is 4.01. The molecular formula is C29H28FN5O3. The number of alkyl halides is 1. The maximum Gasteiger partial charge on any atom is 0.250 e. The van der Waals surface area contributed by atoms with Gasteiger partial charge in [-0.15, -0.1) is 0 Å². The van der Waals surface area contributed by atoms with Crippen molar-refractivity contribution in [1.82, 2.24) is 15.0 Å². The highest BCUT2D eigenvalue weighted by molar-refractivity contribution is 5.74. The molecule has 4 aromatic rings. The summed E-state index contributed by atoms with van der Waals surface area (Å²) in [4.78, 5) is 26.3. The Morgan fingerprint density at radius 1 is 1.08 bits per heavy atom.